The summed E-state index contributed by atoms with van der Waals surface area (Å²) in [6.45, 7) is 8.21. The smallest absolute Gasteiger partial charge is 0.312 e. The molecule has 0 aromatic carbocycles. The van der Waals surface area contributed by atoms with Gasteiger partial charge in [0.2, 0.25) is 0 Å². The van der Waals surface area contributed by atoms with E-state index in [2.05, 4.69) is 6.92 Å². The number of hydrogen-bond donors (Lipinski definition) is 1. The SMILES string of the molecule is CCCCCCCCCCCCOC(=O)C(C)(C)CC(C)(CSCCO)C(=O)OC. The molecular weight excluding hydrogens is 400 g/mol. The fourth-order valence-electron chi connectivity index (χ4n) is 3.79. The van der Waals surface area contributed by atoms with Crippen LogP contribution in [0.5, 0.6) is 0 Å². The number of methoxy groups -OCH3 is 1. The first-order valence-electron chi connectivity index (χ1n) is 11.7. The summed E-state index contributed by atoms with van der Waals surface area (Å²) in [6.07, 6.45) is 12.8. The van der Waals surface area contributed by atoms with Gasteiger partial charge < -0.3 is 14.6 Å². The first-order valence-corrected chi connectivity index (χ1v) is 12.8. The van der Waals surface area contributed by atoms with Gasteiger partial charge in [-0.15, -0.1) is 0 Å². The molecule has 0 fully saturated rings. The standard InChI is InChI=1S/C24H46O5S/c1-6-7-8-9-10-11-12-13-14-15-17-29-21(26)23(2,3)19-24(4,22(27)28-5)20-30-18-16-25/h25H,6-20H2,1-5H3. The van der Waals surface area contributed by atoms with Crippen molar-refractivity contribution >= 4 is 23.7 Å². The molecule has 6 heteroatoms. The second-order valence-electron chi connectivity index (χ2n) is 9.21. The average molecular weight is 447 g/mol. The maximum atomic E-state index is 12.6. The van der Waals surface area contributed by atoms with E-state index in [9.17, 15) is 9.59 Å². The van der Waals surface area contributed by atoms with Gasteiger partial charge in [0, 0.05) is 11.5 Å². The largest absolute Gasteiger partial charge is 0.469 e. The van der Waals surface area contributed by atoms with Gasteiger partial charge >= 0.3 is 11.9 Å². The van der Waals surface area contributed by atoms with E-state index in [0.29, 0.717) is 24.5 Å². The van der Waals surface area contributed by atoms with Gasteiger partial charge in [0.1, 0.15) is 0 Å². The third kappa shape index (κ3) is 12.8. The molecule has 0 heterocycles. The number of hydrogen-bond acceptors (Lipinski definition) is 6. The third-order valence-electron chi connectivity index (χ3n) is 5.45. The maximum Gasteiger partial charge on any atom is 0.312 e. The molecule has 0 aliphatic heterocycles. The number of aliphatic hydroxyl groups is 1. The summed E-state index contributed by atoms with van der Waals surface area (Å²) in [5.74, 6) is 0.454. The molecule has 5 nitrogen and oxygen atoms in total. The van der Waals surface area contributed by atoms with E-state index < -0.39 is 10.8 Å². The molecule has 1 atom stereocenters. The summed E-state index contributed by atoms with van der Waals surface area (Å²) in [6, 6.07) is 0. The molecular formula is C24H46O5S. The van der Waals surface area contributed by atoms with Crippen LogP contribution in [0.1, 0.15) is 98.3 Å². The van der Waals surface area contributed by atoms with E-state index in [4.69, 9.17) is 14.6 Å². The monoisotopic (exact) mass is 446 g/mol. The second-order valence-corrected chi connectivity index (χ2v) is 10.3. The zero-order valence-electron chi connectivity index (χ0n) is 20.1. The lowest BCUT2D eigenvalue weighted by atomic mass is 9.75. The van der Waals surface area contributed by atoms with Crippen molar-refractivity contribution in [2.45, 2.75) is 98.3 Å². The summed E-state index contributed by atoms with van der Waals surface area (Å²) in [7, 11) is 1.37. The van der Waals surface area contributed by atoms with Crippen molar-refractivity contribution in [3.05, 3.63) is 0 Å². The number of thioether (sulfide) groups is 1. The highest BCUT2D eigenvalue weighted by molar-refractivity contribution is 7.99. The normalized spacial score (nSPS) is 13.7. The molecule has 1 N–H and O–H groups in total. The van der Waals surface area contributed by atoms with Crippen molar-refractivity contribution in [2.75, 3.05) is 31.8 Å². The van der Waals surface area contributed by atoms with Gasteiger partial charge in [-0.3, -0.25) is 9.59 Å². The van der Waals surface area contributed by atoms with Gasteiger partial charge in [0.05, 0.1) is 31.2 Å². The molecule has 0 bridgehead atoms. The fourth-order valence-corrected chi connectivity index (χ4v) is 4.73. The number of unbranched alkanes of at least 4 members (excludes halogenated alkanes) is 9. The Labute approximate surface area is 189 Å². The van der Waals surface area contributed by atoms with Crippen molar-refractivity contribution in [3.8, 4) is 0 Å². The van der Waals surface area contributed by atoms with E-state index in [-0.39, 0.29) is 18.5 Å². The molecule has 0 spiro atoms. The van der Waals surface area contributed by atoms with Crippen LogP contribution in [0.4, 0.5) is 0 Å². The molecule has 0 rings (SSSR count). The van der Waals surface area contributed by atoms with Crippen LogP contribution in [0, 0.1) is 10.8 Å². The first kappa shape index (κ1) is 29.2. The first-order chi connectivity index (χ1) is 14.2. The minimum atomic E-state index is -0.797. The van der Waals surface area contributed by atoms with Crippen LogP contribution in [0.2, 0.25) is 0 Å². The van der Waals surface area contributed by atoms with Gasteiger partial charge in [0.25, 0.3) is 0 Å². The van der Waals surface area contributed by atoms with E-state index in [0.717, 1.165) is 12.8 Å². The fraction of sp³-hybridized carbons (Fsp3) is 0.917. The summed E-state index contributed by atoms with van der Waals surface area (Å²) < 4.78 is 10.5. The number of ether oxygens (including phenoxy) is 2. The highest BCUT2D eigenvalue weighted by Gasteiger charge is 2.43. The number of carbonyl (C=O) groups is 2. The lowest BCUT2D eigenvalue weighted by molar-refractivity contribution is -0.160. The number of carbonyl (C=O) groups excluding carboxylic acids is 2. The minimum absolute atomic E-state index is 0.0617. The lowest BCUT2D eigenvalue weighted by Gasteiger charge is -2.33. The summed E-state index contributed by atoms with van der Waals surface area (Å²) in [5.41, 5.74) is -1.57. The van der Waals surface area contributed by atoms with E-state index >= 15 is 0 Å². The Morgan fingerprint density at radius 2 is 1.40 bits per heavy atom. The average Bonchev–Trinajstić information content (AvgIpc) is 2.70. The summed E-state index contributed by atoms with van der Waals surface area (Å²) in [4.78, 5) is 25.0. The molecule has 0 amide bonds. The predicted octanol–water partition coefficient (Wildman–Crippen LogP) is 5.77. The van der Waals surface area contributed by atoms with Crippen molar-refractivity contribution in [3.63, 3.8) is 0 Å². The number of esters is 2. The Hall–Kier alpha value is -0.750. The summed E-state index contributed by atoms with van der Waals surface area (Å²) >= 11 is 1.49. The van der Waals surface area contributed by atoms with Gasteiger partial charge in [0.15, 0.2) is 0 Å². The highest BCUT2D eigenvalue weighted by Crippen LogP contribution is 2.38. The predicted molar refractivity (Wildman–Crippen MR) is 126 cm³/mol. The Morgan fingerprint density at radius 1 is 0.867 bits per heavy atom. The van der Waals surface area contributed by atoms with Crippen LogP contribution in [0.15, 0.2) is 0 Å². The van der Waals surface area contributed by atoms with Crippen molar-refractivity contribution < 1.29 is 24.2 Å². The Bertz CT molecular complexity index is 467. The van der Waals surface area contributed by atoms with E-state index in [1.807, 2.05) is 20.8 Å². The molecule has 0 aromatic heterocycles. The van der Waals surface area contributed by atoms with Crippen LogP contribution in [-0.4, -0.2) is 48.9 Å². The third-order valence-corrected chi connectivity index (χ3v) is 6.76. The maximum absolute atomic E-state index is 12.6. The Balaban J connectivity index is 4.21. The van der Waals surface area contributed by atoms with Crippen molar-refractivity contribution in [1.82, 2.24) is 0 Å². The van der Waals surface area contributed by atoms with Crippen LogP contribution >= 0.6 is 11.8 Å². The summed E-state index contributed by atoms with van der Waals surface area (Å²) in [5, 5.41) is 9.00. The van der Waals surface area contributed by atoms with Crippen LogP contribution < -0.4 is 0 Å². The van der Waals surface area contributed by atoms with Crippen molar-refractivity contribution in [2.24, 2.45) is 10.8 Å². The molecule has 178 valence electrons. The Kier molecular flexibility index (Phi) is 16.5. The van der Waals surface area contributed by atoms with Crippen LogP contribution in [-0.2, 0) is 19.1 Å². The van der Waals surface area contributed by atoms with Crippen LogP contribution in [0.3, 0.4) is 0 Å². The number of rotatable bonds is 19. The molecule has 1 unspecified atom stereocenters. The van der Waals surface area contributed by atoms with Gasteiger partial charge in [-0.25, -0.2) is 0 Å². The van der Waals surface area contributed by atoms with E-state index in [1.165, 1.54) is 70.2 Å². The molecule has 0 saturated carbocycles. The number of aliphatic hydroxyl groups excluding tert-OH is 1. The van der Waals surface area contributed by atoms with E-state index in [1.54, 1.807) is 0 Å². The molecule has 0 saturated heterocycles. The van der Waals surface area contributed by atoms with Gasteiger partial charge in [-0.1, -0.05) is 64.7 Å². The van der Waals surface area contributed by atoms with Crippen LogP contribution in [0.25, 0.3) is 0 Å². The van der Waals surface area contributed by atoms with Gasteiger partial charge in [-0.2, -0.15) is 11.8 Å². The molecule has 0 aliphatic rings. The van der Waals surface area contributed by atoms with Crippen molar-refractivity contribution in [1.29, 1.82) is 0 Å². The zero-order valence-corrected chi connectivity index (χ0v) is 20.9. The zero-order chi connectivity index (χ0) is 22.9. The molecule has 30 heavy (non-hydrogen) atoms. The topological polar surface area (TPSA) is 72.8 Å². The molecule has 0 aromatic rings. The molecule has 0 aliphatic carbocycles. The second kappa shape index (κ2) is 16.9. The minimum Gasteiger partial charge on any atom is -0.469 e. The van der Waals surface area contributed by atoms with Gasteiger partial charge in [-0.05, 0) is 33.6 Å². The highest BCUT2D eigenvalue weighted by atomic mass is 32.2. The lowest BCUT2D eigenvalue weighted by Crippen LogP contribution is -2.40. The molecule has 0 radical (unpaired) electrons. The Morgan fingerprint density at radius 3 is 1.90 bits per heavy atom. The quantitative estimate of drug-likeness (QED) is 0.200.